The molecule has 0 radical (unpaired) electrons. The number of halogens is 1. The van der Waals surface area contributed by atoms with Gasteiger partial charge in [0.05, 0.1) is 26.4 Å². The van der Waals surface area contributed by atoms with Crippen LogP contribution in [0.2, 0.25) is 0 Å². The molecule has 0 aliphatic carbocycles. The fraction of sp³-hybridized carbons (Fsp3) is 0.562. The minimum absolute atomic E-state index is 0.144. The van der Waals surface area contributed by atoms with Gasteiger partial charge in [-0.05, 0) is 37.7 Å². The number of benzene rings is 1. The Morgan fingerprint density at radius 2 is 2.00 bits per heavy atom. The largest absolute Gasteiger partial charge is 0.494 e. The van der Waals surface area contributed by atoms with Crippen molar-refractivity contribution in [1.82, 2.24) is 9.80 Å². The van der Waals surface area contributed by atoms with E-state index in [2.05, 4.69) is 0 Å². The number of nitrogens with zero attached hydrogens (tertiary/aromatic N) is 2. The summed E-state index contributed by atoms with van der Waals surface area (Å²) >= 11 is 0. The first kappa shape index (κ1) is 16.7. The number of amides is 1. The molecule has 1 aliphatic rings. The molecule has 1 fully saturated rings. The molecule has 22 heavy (non-hydrogen) atoms. The molecule has 0 bridgehead atoms. The summed E-state index contributed by atoms with van der Waals surface area (Å²) in [6, 6.07) is 5.98. The van der Waals surface area contributed by atoms with Gasteiger partial charge in [0, 0.05) is 19.6 Å². The molecule has 1 aliphatic heterocycles. The highest BCUT2D eigenvalue weighted by Gasteiger charge is 2.17. The van der Waals surface area contributed by atoms with E-state index >= 15 is 0 Å². The fourth-order valence-electron chi connectivity index (χ4n) is 2.28. The predicted molar refractivity (Wildman–Crippen MR) is 81.4 cm³/mol. The topological polar surface area (TPSA) is 42.0 Å². The summed E-state index contributed by atoms with van der Waals surface area (Å²) in [6.07, 6.45) is 0.810. The third-order valence-corrected chi connectivity index (χ3v) is 3.54. The van der Waals surface area contributed by atoms with Gasteiger partial charge in [-0.3, -0.25) is 9.69 Å². The van der Waals surface area contributed by atoms with Crippen LogP contribution in [0.3, 0.4) is 0 Å². The molecule has 0 atom stereocenters. The highest BCUT2D eigenvalue weighted by Crippen LogP contribution is 2.11. The van der Waals surface area contributed by atoms with E-state index in [-0.39, 0.29) is 11.7 Å². The van der Waals surface area contributed by atoms with Crippen LogP contribution in [0.25, 0.3) is 0 Å². The Hall–Kier alpha value is -1.66. The van der Waals surface area contributed by atoms with Crippen LogP contribution >= 0.6 is 0 Å². The van der Waals surface area contributed by atoms with Gasteiger partial charge in [0.2, 0.25) is 5.91 Å². The molecule has 1 aromatic carbocycles. The molecule has 0 saturated carbocycles. The van der Waals surface area contributed by atoms with Gasteiger partial charge in [-0.15, -0.1) is 0 Å². The molecule has 1 heterocycles. The maximum absolute atomic E-state index is 12.7. The second-order valence-corrected chi connectivity index (χ2v) is 5.39. The van der Waals surface area contributed by atoms with Crippen molar-refractivity contribution >= 4 is 5.91 Å². The van der Waals surface area contributed by atoms with E-state index in [0.717, 1.165) is 13.0 Å². The minimum atomic E-state index is -0.270. The average molecular weight is 310 g/mol. The summed E-state index contributed by atoms with van der Waals surface area (Å²) in [5.41, 5.74) is 0. The predicted octanol–water partition coefficient (Wildman–Crippen LogP) is 1.39. The Balaban J connectivity index is 1.59. The number of rotatable bonds is 7. The van der Waals surface area contributed by atoms with Crippen molar-refractivity contribution in [3.63, 3.8) is 0 Å². The third-order valence-electron chi connectivity index (χ3n) is 3.54. The van der Waals surface area contributed by atoms with Crippen LogP contribution in [0.15, 0.2) is 24.3 Å². The summed E-state index contributed by atoms with van der Waals surface area (Å²) in [5.74, 6) is 0.535. The van der Waals surface area contributed by atoms with Crippen LogP contribution in [0.5, 0.6) is 5.75 Å². The molecule has 5 nitrogen and oxygen atoms in total. The van der Waals surface area contributed by atoms with Gasteiger partial charge in [0.25, 0.3) is 0 Å². The number of carbonyl (C=O) groups excluding carboxylic acids is 1. The zero-order valence-electron chi connectivity index (χ0n) is 13.0. The van der Waals surface area contributed by atoms with E-state index < -0.39 is 0 Å². The molecule has 1 aromatic rings. The molecular formula is C16H23FN2O3. The van der Waals surface area contributed by atoms with E-state index in [1.807, 2.05) is 16.8 Å². The first-order valence-electron chi connectivity index (χ1n) is 7.57. The fourth-order valence-corrected chi connectivity index (χ4v) is 2.28. The molecule has 122 valence electrons. The smallest absolute Gasteiger partial charge is 0.236 e. The van der Waals surface area contributed by atoms with Crippen molar-refractivity contribution in [1.29, 1.82) is 0 Å². The van der Waals surface area contributed by atoms with E-state index in [1.54, 1.807) is 12.1 Å². The highest BCUT2D eigenvalue weighted by molar-refractivity contribution is 5.78. The van der Waals surface area contributed by atoms with Crippen molar-refractivity contribution in [3.8, 4) is 5.75 Å². The lowest BCUT2D eigenvalue weighted by Crippen LogP contribution is -2.45. The third kappa shape index (κ3) is 5.61. The maximum Gasteiger partial charge on any atom is 0.236 e. The monoisotopic (exact) mass is 310 g/mol. The lowest BCUT2D eigenvalue weighted by molar-refractivity contribution is -0.136. The summed E-state index contributed by atoms with van der Waals surface area (Å²) in [4.78, 5) is 15.9. The normalized spacial score (nSPS) is 15.1. The second-order valence-electron chi connectivity index (χ2n) is 5.39. The number of ether oxygens (including phenoxy) is 2. The number of hydrogen-bond acceptors (Lipinski definition) is 4. The Kier molecular flexibility index (Phi) is 6.61. The molecular weight excluding hydrogens is 287 g/mol. The highest BCUT2D eigenvalue weighted by atomic mass is 19.1. The van der Waals surface area contributed by atoms with Crippen molar-refractivity contribution in [2.45, 2.75) is 6.42 Å². The number of morpholine rings is 1. The zero-order valence-corrected chi connectivity index (χ0v) is 13.0. The van der Waals surface area contributed by atoms with Crippen LogP contribution < -0.4 is 4.74 Å². The van der Waals surface area contributed by atoms with Crippen molar-refractivity contribution in [2.75, 3.05) is 53.0 Å². The van der Waals surface area contributed by atoms with E-state index in [1.165, 1.54) is 12.1 Å². The van der Waals surface area contributed by atoms with Crippen LogP contribution in [-0.2, 0) is 9.53 Å². The Morgan fingerprint density at radius 3 is 2.68 bits per heavy atom. The van der Waals surface area contributed by atoms with E-state index in [9.17, 15) is 9.18 Å². The van der Waals surface area contributed by atoms with Crippen molar-refractivity contribution < 1.29 is 18.7 Å². The molecule has 1 saturated heterocycles. The van der Waals surface area contributed by atoms with Gasteiger partial charge in [0.1, 0.15) is 11.6 Å². The number of carbonyl (C=O) groups is 1. The van der Waals surface area contributed by atoms with E-state index in [4.69, 9.17) is 9.47 Å². The Morgan fingerprint density at radius 1 is 1.32 bits per heavy atom. The molecule has 0 N–H and O–H groups in total. The lowest BCUT2D eigenvalue weighted by atomic mass is 10.3. The molecule has 0 aromatic heterocycles. The molecule has 6 heteroatoms. The van der Waals surface area contributed by atoms with Crippen LogP contribution in [0, 0.1) is 5.82 Å². The van der Waals surface area contributed by atoms with Crippen LogP contribution in [0.1, 0.15) is 6.42 Å². The first-order valence-corrected chi connectivity index (χ1v) is 7.57. The summed E-state index contributed by atoms with van der Waals surface area (Å²) < 4.78 is 23.5. The van der Waals surface area contributed by atoms with Crippen molar-refractivity contribution in [3.05, 3.63) is 30.1 Å². The molecule has 1 amide bonds. The average Bonchev–Trinajstić information content (AvgIpc) is 2.54. The standard InChI is InChI=1S/C16H23FN2O3/c1-18(13-16(20)19-8-11-21-12-9-19)7-2-10-22-15-5-3-14(17)4-6-15/h3-6H,2,7-13H2,1H3. The maximum atomic E-state index is 12.7. The molecule has 0 unspecified atom stereocenters. The number of likely N-dealkylation sites (N-methyl/N-ethyl adjacent to an activating group) is 1. The van der Waals surface area contributed by atoms with Gasteiger partial charge in [0.15, 0.2) is 0 Å². The SMILES string of the molecule is CN(CCCOc1ccc(F)cc1)CC(=O)N1CCOCC1. The van der Waals surface area contributed by atoms with E-state index in [0.29, 0.717) is 45.2 Å². The molecule has 2 rings (SSSR count). The second kappa shape index (κ2) is 8.70. The number of hydrogen-bond donors (Lipinski definition) is 0. The van der Waals surface area contributed by atoms with Crippen LogP contribution in [0.4, 0.5) is 4.39 Å². The minimum Gasteiger partial charge on any atom is -0.494 e. The zero-order chi connectivity index (χ0) is 15.8. The first-order chi connectivity index (χ1) is 10.6. The lowest BCUT2D eigenvalue weighted by Gasteiger charge is -2.28. The van der Waals surface area contributed by atoms with Gasteiger partial charge in [-0.2, -0.15) is 0 Å². The quantitative estimate of drug-likeness (QED) is 0.714. The summed E-state index contributed by atoms with van der Waals surface area (Å²) in [5, 5.41) is 0. The summed E-state index contributed by atoms with van der Waals surface area (Å²) in [6.45, 7) is 4.35. The Bertz CT molecular complexity index is 461. The van der Waals surface area contributed by atoms with Gasteiger partial charge >= 0.3 is 0 Å². The molecule has 0 spiro atoms. The summed E-state index contributed by atoms with van der Waals surface area (Å²) in [7, 11) is 1.93. The van der Waals surface area contributed by atoms with Gasteiger partial charge in [-0.1, -0.05) is 0 Å². The van der Waals surface area contributed by atoms with Crippen molar-refractivity contribution in [2.24, 2.45) is 0 Å². The Labute approximate surface area is 130 Å². The van der Waals surface area contributed by atoms with Gasteiger partial charge in [-0.25, -0.2) is 4.39 Å². The van der Waals surface area contributed by atoms with Gasteiger partial charge < -0.3 is 14.4 Å². The van der Waals surface area contributed by atoms with Crippen LogP contribution in [-0.4, -0.2) is 68.8 Å².